The molecule has 0 saturated carbocycles. The Morgan fingerprint density at radius 2 is 1.34 bits per heavy atom. The minimum absolute atomic E-state index is 0.195. The number of alkyl halides is 3. The Morgan fingerprint density at radius 3 is 1.83 bits per heavy atom. The molecule has 2 atom stereocenters. The monoisotopic (exact) mass is 567 g/mol. The van der Waals surface area contributed by atoms with E-state index in [1.54, 1.807) is 69.6 Å². The van der Waals surface area contributed by atoms with Crippen LogP contribution in [0.5, 0.6) is 0 Å². The fraction of sp³-hybridized carbons (Fsp3) is 0.375. The zero-order chi connectivity index (χ0) is 29.8. The van der Waals surface area contributed by atoms with Crippen LogP contribution in [0.4, 0.5) is 13.2 Å². The number of benzene rings is 3. The molecule has 0 bridgehead atoms. The van der Waals surface area contributed by atoms with Crippen LogP contribution in [0.3, 0.4) is 0 Å². The van der Waals surface area contributed by atoms with Gasteiger partial charge in [0.2, 0.25) is 5.91 Å². The van der Waals surface area contributed by atoms with Gasteiger partial charge in [0.15, 0.2) is 0 Å². The lowest BCUT2D eigenvalue weighted by atomic mass is 9.65. The summed E-state index contributed by atoms with van der Waals surface area (Å²) in [5.41, 5.74) is -3.32. The number of aliphatic hydroxyl groups is 1. The van der Waals surface area contributed by atoms with Gasteiger partial charge in [-0.2, -0.15) is 13.2 Å². The minimum atomic E-state index is -4.63. The highest BCUT2D eigenvalue weighted by atomic mass is 19.4. The second kappa shape index (κ2) is 12.0. The summed E-state index contributed by atoms with van der Waals surface area (Å²) < 4.78 is 40.4. The van der Waals surface area contributed by atoms with Gasteiger partial charge in [0, 0.05) is 32.7 Å². The number of carbonyl (C=O) groups excluding carboxylic acids is 2. The minimum Gasteiger partial charge on any atom is -0.387 e. The van der Waals surface area contributed by atoms with Gasteiger partial charge in [-0.3, -0.25) is 14.5 Å². The molecule has 0 aromatic heterocycles. The van der Waals surface area contributed by atoms with E-state index < -0.39 is 40.7 Å². The molecular formula is C32H36F3N3O3. The summed E-state index contributed by atoms with van der Waals surface area (Å²) in [4.78, 5) is 31.4. The molecule has 3 aromatic rings. The van der Waals surface area contributed by atoms with Gasteiger partial charge in [-0.1, -0.05) is 73.2 Å². The van der Waals surface area contributed by atoms with E-state index in [4.69, 9.17) is 0 Å². The Kier molecular flexibility index (Phi) is 8.89. The number of rotatable bonds is 8. The average Bonchev–Trinajstić information content (AvgIpc) is 2.98. The van der Waals surface area contributed by atoms with Gasteiger partial charge in [-0.25, -0.2) is 0 Å². The van der Waals surface area contributed by atoms with Crippen LogP contribution in [0, 0.1) is 0 Å². The lowest BCUT2D eigenvalue weighted by Gasteiger charge is -2.52. The highest BCUT2D eigenvalue weighted by Gasteiger charge is 2.58. The van der Waals surface area contributed by atoms with Crippen LogP contribution in [0.25, 0.3) is 0 Å². The molecule has 3 aromatic carbocycles. The Balaban J connectivity index is 1.92. The molecule has 1 heterocycles. The number of piperidine rings is 1. The number of amides is 2. The number of nitrogens with one attached hydrogen (secondary N) is 1. The van der Waals surface area contributed by atoms with E-state index in [1.807, 2.05) is 17.0 Å². The van der Waals surface area contributed by atoms with Crippen LogP contribution in [-0.2, 0) is 16.4 Å². The number of halogens is 3. The molecule has 1 saturated heterocycles. The van der Waals surface area contributed by atoms with E-state index in [-0.39, 0.29) is 5.56 Å². The van der Waals surface area contributed by atoms with Gasteiger partial charge < -0.3 is 15.3 Å². The number of nitrogens with zero attached hydrogens (tertiary/aromatic N) is 2. The maximum absolute atomic E-state index is 14.4. The second-order valence-electron chi connectivity index (χ2n) is 10.9. The number of likely N-dealkylation sites (tertiary alicyclic amines) is 1. The normalized spacial score (nSPS) is 16.9. The van der Waals surface area contributed by atoms with E-state index in [2.05, 4.69) is 5.32 Å². The predicted octanol–water partition coefficient (Wildman–Crippen LogP) is 5.07. The van der Waals surface area contributed by atoms with Crippen molar-refractivity contribution in [2.45, 2.75) is 49.5 Å². The fourth-order valence-corrected chi connectivity index (χ4v) is 5.84. The standard InChI is InChI=1S/C32H36F3N3O3/c1-30(38-20-11-6-12-21-38,36-27(39)23-14-13-19-26(22-23)32(33,34)35)28(40)31(29(41)37(2)3,24-15-7-4-8-16-24)25-17-9-5-10-18-25/h4-5,7-10,13-19,22,28,40H,6,11-12,20-21H2,1-3H3,(H,36,39). The highest BCUT2D eigenvalue weighted by molar-refractivity contribution is 5.96. The molecule has 2 amide bonds. The van der Waals surface area contributed by atoms with Crippen molar-refractivity contribution in [3.63, 3.8) is 0 Å². The first-order valence-electron chi connectivity index (χ1n) is 13.7. The maximum Gasteiger partial charge on any atom is 0.416 e. The lowest BCUT2D eigenvalue weighted by Crippen LogP contribution is -2.72. The smallest absolute Gasteiger partial charge is 0.387 e. The van der Waals surface area contributed by atoms with E-state index >= 15 is 0 Å². The van der Waals surface area contributed by atoms with Crippen LogP contribution >= 0.6 is 0 Å². The third-order valence-electron chi connectivity index (χ3n) is 7.98. The SMILES string of the molecule is CN(C)C(=O)C(c1ccccc1)(c1ccccc1)C(O)C(C)(NC(=O)c1cccc(C(F)(F)F)c1)N1CCCCC1. The van der Waals surface area contributed by atoms with E-state index in [1.165, 1.54) is 17.0 Å². The second-order valence-corrected chi connectivity index (χ2v) is 10.9. The third kappa shape index (κ3) is 5.87. The van der Waals surface area contributed by atoms with Crippen molar-refractivity contribution < 1.29 is 27.9 Å². The van der Waals surface area contributed by atoms with Crippen molar-refractivity contribution >= 4 is 11.8 Å². The zero-order valence-corrected chi connectivity index (χ0v) is 23.5. The summed E-state index contributed by atoms with van der Waals surface area (Å²) in [6.45, 7) is 2.69. The topological polar surface area (TPSA) is 72.9 Å². The molecule has 41 heavy (non-hydrogen) atoms. The van der Waals surface area contributed by atoms with Crippen LogP contribution in [0.2, 0.25) is 0 Å². The van der Waals surface area contributed by atoms with Crippen LogP contribution in [0.1, 0.15) is 53.2 Å². The number of hydrogen-bond donors (Lipinski definition) is 2. The zero-order valence-electron chi connectivity index (χ0n) is 23.5. The molecule has 2 N–H and O–H groups in total. The fourth-order valence-electron chi connectivity index (χ4n) is 5.84. The van der Waals surface area contributed by atoms with Gasteiger partial charge >= 0.3 is 6.18 Å². The summed E-state index contributed by atoms with van der Waals surface area (Å²) in [7, 11) is 3.21. The Labute approximate surface area is 238 Å². The van der Waals surface area contributed by atoms with Gasteiger partial charge in [0.25, 0.3) is 5.91 Å². The summed E-state index contributed by atoms with van der Waals surface area (Å²) >= 11 is 0. The van der Waals surface area contributed by atoms with Gasteiger partial charge in [-0.05, 0) is 49.1 Å². The maximum atomic E-state index is 14.4. The van der Waals surface area contributed by atoms with Crippen LogP contribution in [-0.4, -0.2) is 65.7 Å². The van der Waals surface area contributed by atoms with Gasteiger partial charge in [0.05, 0.1) is 5.56 Å². The molecule has 2 unspecified atom stereocenters. The molecular weight excluding hydrogens is 531 g/mol. The average molecular weight is 568 g/mol. The van der Waals surface area contributed by atoms with Crippen molar-refractivity contribution in [3.05, 3.63) is 107 Å². The molecule has 218 valence electrons. The molecule has 0 radical (unpaired) electrons. The third-order valence-corrected chi connectivity index (χ3v) is 7.98. The molecule has 9 heteroatoms. The summed E-state index contributed by atoms with van der Waals surface area (Å²) in [6, 6.07) is 22.0. The molecule has 0 aliphatic carbocycles. The summed E-state index contributed by atoms with van der Waals surface area (Å²) in [5, 5.41) is 15.5. The van der Waals surface area contributed by atoms with Crippen molar-refractivity contribution in [2.24, 2.45) is 0 Å². The van der Waals surface area contributed by atoms with E-state index in [9.17, 15) is 27.9 Å². The molecule has 0 spiro atoms. The quantitative estimate of drug-likeness (QED) is 0.399. The summed E-state index contributed by atoms with van der Waals surface area (Å²) in [6.07, 6.45) is -3.62. The molecule has 1 fully saturated rings. The van der Waals surface area contributed by atoms with E-state index in [0.717, 1.165) is 31.4 Å². The number of hydrogen-bond acceptors (Lipinski definition) is 4. The van der Waals surface area contributed by atoms with Crippen molar-refractivity contribution in [1.29, 1.82) is 0 Å². The highest BCUT2D eigenvalue weighted by Crippen LogP contribution is 2.43. The Hall–Kier alpha value is -3.69. The molecule has 1 aliphatic heterocycles. The van der Waals surface area contributed by atoms with Crippen LogP contribution < -0.4 is 5.32 Å². The number of likely N-dealkylation sites (N-methyl/N-ethyl adjacent to an activating group) is 1. The first kappa shape index (κ1) is 30.3. The van der Waals surface area contributed by atoms with Crippen molar-refractivity contribution in [3.8, 4) is 0 Å². The molecule has 6 nitrogen and oxygen atoms in total. The predicted molar refractivity (Wildman–Crippen MR) is 151 cm³/mol. The lowest BCUT2D eigenvalue weighted by molar-refractivity contribution is -0.145. The summed E-state index contributed by atoms with van der Waals surface area (Å²) in [5.74, 6) is -1.19. The number of aliphatic hydroxyl groups excluding tert-OH is 1. The van der Waals surface area contributed by atoms with Crippen LogP contribution in [0.15, 0.2) is 84.9 Å². The molecule has 4 rings (SSSR count). The first-order chi connectivity index (χ1) is 19.4. The Morgan fingerprint density at radius 1 is 0.829 bits per heavy atom. The molecule has 1 aliphatic rings. The first-order valence-corrected chi connectivity index (χ1v) is 13.7. The van der Waals surface area contributed by atoms with Crippen molar-refractivity contribution in [1.82, 2.24) is 15.1 Å². The van der Waals surface area contributed by atoms with Gasteiger partial charge in [-0.15, -0.1) is 0 Å². The Bertz CT molecular complexity index is 1300. The van der Waals surface area contributed by atoms with E-state index in [0.29, 0.717) is 24.2 Å². The van der Waals surface area contributed by atoms with Gasteiger partial charge in [0.1, 0.15) is 17.2 Å². The number of carbonyl (C=O) groups is 2. The largest absolute Gasteiger partial charge is 0.416 e. The van der Waals surface area contributed by atoms with Crippen molar-refractivity contribution in [2.75, 3.05) is 27.2 Å².